The van der Waals surface area contributed by atoms with E-state index in [1.165, 1.54) is 16.7 Å². The minimum atomic E-state index is -0.537. The predicted octanol–water partition coefficient (Wildman–Crippen LogP) is 4.00. The Labute approximate surface area is 109 Å². The maximum absolute atomic E-state index is 10.5. The van der Waals surface area contributed by atoms with Gasteiger partial charge in [-0.1, -0.05) is 42.0 Å². The van der Waals surface area contributed by atoms with Gasteiger partial charge in [-0.05, 0) is 55.5 Å². The molecule has 0 bridgehead atoms. The maximum Gasteiger partial charge on any atom is 0.104 e. The summed E-state index contributed by atoms with van der Waals surface area (Å²) in [5.74, 6) is 0. The standard InChI is InChI=1S/C17H20O/c1-11-5-7-15(8-6-11)17(18)16-10-13(3)12(2)9-14(16)4/h5-10,17-18H,1-4H3. The molecule has 0 aromatic heterocycles. The van der Waals surface area contributed by atoms with Gasteiger partial charge in [0.25, 0.3) is 0 Å². The summed E-state index contributed by atoms with van der Waals surface area (Å²) in [6.07, 6.45) is -0.537. The molecule has 18 heavy (non-hydrogen) atoms. The molecule has 1 unspecified atom stereocenters. The summed E-state index contributed by atoms with van der Waals surface area (Å²) < 4.78 is 0. The minimum Gasteiger partial charge on any atom is -0.384 e. The quantitative estimate of drug-likeness (QED) is 0.841. The molecule has 0 aliphatic carbocycles. The molecule has 0 aliphatic rings. The lowest BCUT2D eigenvalue weighted by atomic mass is 9.93. The predicted molar refractivity (Wildman–Crippen MR) is 75.9 cm³/mol. The Balaban J connectivity index is 2.42. The van der Waals surface area contributed by atoms with Crippen LogP contribution in [0.3, 0.4) is 0 Å². The summed E-state index contributed by atoms with van der Waals surface area (Å²) in [5, 5.41) is 10.5. The fourth-order valence-corrected chi connectivity index (χ4v) is 2.21. The van der Waals surface area contributed by atoms with Crippen molar-refractivity contribution in [2.75, 3.05) is 0 Å². The molecule has 1 atom stereocenters. The van der Waals surface area contributed by atoms with E-state index in [4.69, 9.17) is 0 Å². The zero-order valence-corrected chi connectivity index (χ0v) is 11.5. The van der Waals surface area contributed by atoms with Gasteiger partial charge >= 0.3 is 0 Å². The molecule has 0 amide bonds. The van der Waals surface area contributed by atoms with E-state index in [2.05, 4.69) is 39.8 Å². The van der Waals surface area contributed by atoms with Crippen LogP contribution >= 0.6 is 0 Å². The number of hydrogen-bond donors (Lipinski definition) is 1. The van der Waals surface area contributed by atoms with Crippen LogP contribution in [0.5, 0.6) is 0 Å². The smallest absolute Gasteiger partial charge is 0.104 e. The SMILES string of the molecule is Cc1ccc(C(O)c2cc(C)c(C)cc2C)cc1. The second kappa shape index (κ2) is 4.95. The van der Waals surface area contributed by atoms with E-state index in [0.29, 0.717) is 0 Å². The van der Waals surface area contributed by atoms with Crippen LogP contribution in [-0.2, 0) is 0 Å². The van der Waals surface area contributed by atoms with Crippen LogP contribution in [0.15, 0.2) is 36.4 Å². The van der Waals surface area contributed by atoms with Gasteiger partial charge in [-0.15, -0.1) is 0 Å². The fourth-order valence-electron chi connectivity index (χ4n) is 2.21. The number of hydrogen-bond acceptors (Lipinski definition) is 1. The van der Waals surface area contributed by atoms with E-state index in [0.717, 1.165) is 16.7 Å². The van der Waals surface area contributed by atoms with E-state index in [1.54, 1.807) is 0 Å². The molecule has 0 saturated heterocycles. The molecular formula is C17H20O. The van der Waals surface area contributed by atoms with E-state index < -0.39 is 6.10 Å². The Morgan fingerprint density at radius 3 is 1.94 bits per heavy atom. The van der Waals surface area contributed by atoms with E-state index in [-0.39, 0.29) is 0 Å². The van der Waals surface area contributed by atoms with E-state index in [9.17, 15) is 5.11 Å². The van der Waals surface area contributed by atoms with Crippen LogP contribution in [0.25, 0.3) is 0 Å². The monoisotopic (exact) mass is 240 g/mol. The second-order valence-corrected chi connectivity index (χ2v) is 5.11. The molecule has 1 heteroatoms. The Bertz CT molecular complexity index is 553. The third-order valence-electron chi connectivity index (χ3n) is 3.57. The van der Waals surface area contributed by atoms with Crippen molar-refractivity contribution < 1.29 is 5.11 Å². The van der Waals surface area contributed by atoms with Gasteiger partial charge in [0.05, 0.1) is 0 Å². The van der Waals surface area contributed by atoms with Crippen molar-refractivity contribution in [2.24, 2.45) is 0 Å². The number of aliphatic hydroxyl groups is 1. The molecule has 2 rings (SSSR count). The molecule has 0 heterocycles. The van der Waals surface area contributed by atoms with Gasteiger partial charge < -0.3 is 5.11 Å². The van der Waals surface area contributed by atoms with Crippen LogP contribution < -0.4 is 0 Å². The maximum atomic E-state index is 10.5. The molecule has 0 spiro atoms. The molecule has 1 N–H and O–H groups in total. The molecule has 0 aliphatic heterocycles. The molecule has 2 aromatic carbocycles. The fraction of sp³-hybridized carbons (Fsp3) is 0.294. The van der Waals surface area contributed by atoms with Crippen molar-refractivity contribution in [1.29, 1.82) is 0 Å². The Morgan fingerprint density at radius 2 is 1.33 bits per heavy atom. The first-order valence-electron chi connectivity index (χ1n) is 6.31. The number of aryl methyl sites for hydroxylation is 4. The first kappa shape index (κ1) is 12.8. The van der Waals surface area contributed by atoms with Gasteiger partial charge in [-0.2, -0.15) is 0 Å². The minimum absolute atomic E-state index is 0.537. The summed E-state index contributed by atoms with van der Waals surface area (Å²) in [4.78, 5) is 0. The lowest BCUT2D eigenvalue weighted by molar-refractivity contribution is 0.219. The molecule has 2 aromatic rings. The lowest BCUT2D eigenvalue weighted by Crippen LogP contribution is -2.03. The third-order valence-corrected chi connectivity index (χ3v) is 3.57. The van der Waals surface area contributed by atoms with Crippen molar-refractivity contribution in [3.63, 3.8) is 0 Å². The van der Waals surface area contributed by atoms with Crippen molar-refractivity contribution in [3.05, 3.63) is 69.8 Å². The number of benzene rings is 2. The van der Waals surface area contributed by atoms with Crippen molar-refractivity contribution in [3.8, 4) is 0 Å². The van der Waals surface area contributed by atoms with Crippen LogP contribution in [0, 0.1) is 27.7 Å². The summed E-state index contributed by atoms with van der Waals surface area (Å²) in [5.41, 5.74) is 6.80. The van der Waals surface area contributed by atoms with Crippen LogP contribution in [0.4, 0.5) is 0 Å². The van der Waals surface area contributed by atoms with E-state index >= 15 is 0 Å². The van der Waals surface area contributed by atoms with Crippen LogP contribution in [0.2, 0.25) is 0 Å². The largest absolute Gasteiger partial charge is 0.384 e. The second-order valence-electron chi connectivity index (χ2n) is 5.11. The highest BCUT2D eigenvalue weighted by molar-refractivity contribution is 5.41. The molecule has 1 nitrogen and oxygen atoms in total. The Morgan fingerprint density at radius 1 is 0.778 bits per heavy atom. The Hall–Kier alpha value is -1.60. The highest BCUT2D eigenvalue weighted by atomic mass is 16.3. The summed E-state index contributed by atoms with van der Waals surface area (Å²) in [7, 11) is 0. The zero-order valence-electron chi connectivity index (χ0n) is 11.5. The topological polar surface area (TPSA) is 20.2 Å². The van der Waals surface area contributed by atoms with E-state index in [1.807, 2.05) is 24.3 Å². The Kier molecular flexibility index (Phi) is 3.53. The first-order chi connectivity index (χ1) is 8.49. The van der Waals surface area contributed by atoms with Gasteiger partial charge in [-0.25, -0.2) is 0 Å². The highest BCUT2D eigenvalue weighted by Crippen LogP contribution is 2.27. The van der Waals surface area contributed by atoms with Gasteiger partial charge in [0.2, 0.25) is 0 Å². The molecule has 94 valence electrons. The van der Waals surface area contributed by atoms with Crippen molar-refractivity contribution >= 4 is 0 Å². The molecule has 0 radical (unpaired) electrons. The summed E-state index contributed by atoms with van der Waals surface area (Å²) in [6.45, 7) is 8.29. The van der Waals surface area contributed by atoms with Gasteiger partial charge in [-0.3, -0.25) is 0 Å². The average Bonchev–Trinajstić information content (AvgIpc) is 2.34. The van der Waals surface area contributed by atoms with Gasteiger partial charge in [0.1, 0.15) is 6.10 Å². The first-order valence-corrected chi connectivity index (χ1v) is 6.31. The van der Waals surface area contributed by atoms with Gasteiger partial charge in [0.15, 0.2) is 0 Å². The summed E-state index contributed by atoms with van der Waals surface area (Å²) in [6, 6.07) is 12.3. The third kappa shape index (κ3) is 2.46. The number of rotatable bonds is 2. The normalized spacial score (nSPS) is 12.5. The molecule has 0 saturated carbocycles. The van der Waals surface area contributed by atoms with Gasteiger partial charge in [0, 0.05) is 0 Å². The molecule has 0 fully saturated rings. The molecular weight excluding hydrogens is 220 g/mol. The highest BCUT2D eigenvalue weighted by Gasteiger charge is 2.13. The van der Waals surface area contributed by atoms with Crippen molar-refractivity contribution in [2.45, 2.75) is 33.8 Å². The number of aliphatic hydroxyl groups excluding tert-OH is 1. The summed E-state index contributed by atoms with van der Waals surface area (Å²) >= 11 is 0. The lowest BCUT2D eigenvalue weighted by Gasteiger charge is -2.16. The zero-order chi connectivity index (χ0) is 13.3. The average molecular weight is 240 g/mol. The van der Waals surface area contributed by atoms with Crippen LogP contribution in [0.1, 0.15) is 39.5 Å². The van der Waals surface area contributed by atoms with Crippen molar-refractivity contribution in [1.82, 2.24) is 0 Å². The van der Waals surface area contributed by atoms with Crippen LogP contribution in [-0.4, -0.2) is 5.11 Å².